The Hall–Kier alpha value is -3.22. The Morgan fingerprint density at radius 1 is 1.17 bits per heavy atom. The van der Waals surface area contributed by atoms with E-state index in [1.807, 2.05) is 24.3 Å². The first kappa shape index (κ1) is 20.1. The van der Waals surface area contributed by atoms with Crippen LogP contribution in [0, 0.1) is 12.8 Å². The summed E-state index contributed by atoms with van der Waals surface area (Å²) >= 11 is 0. The largest absolute Gasteiger partial charge is 0.493 e. The summed E-state index contributed by atoms with van der Waals surface area (Å²) in [5.74, 6) is 0.836. The molecule has 0 atom stereocenters. The van der Waals surface area contributed by atoms with Gasteiger partial charge >= 0.3 is 11.6 Å². The van der Waals surface area contributed by atoms with Crippen molar-refractivity contribution in [2.24, 2.45) is 5.92 Å². The van der Waals surface area contributed by atoms with Gasteiger partial charge < -0.3 is 14.3 Å². The van der Waals surface area contributed by atoms with Crippen LogP contribution in [-0.2, 0) is 9.53 Å². The van der Waals surface area contributed by atoms with Gasteiger partial charge in [0.15, 0.2) is 0 Å². The van der Waals surface area contributed by atoms with Crippen LogP contribution < -0.4 is 5.63 Å². The summed E-state index contributed by atoms with van der Waals surface area (Å²) in [6.07, 6.45) is 4.58. The minimum atomic E-state index is -0.504. The summed E-state index contributed by atoms with van der Waals surface area (Å²) in [6, 6.07) is 9.45. The molecule has 1 aliphatic rings. The number of nitrogens with zero attached hydrogens (tertiary/aromatic N) is 2. The number of aromatic hydroxyl groups is 1. The first-order valence-corrected chi connectivity index (χ1v) is 10.1. The fourth-order valence-electron chi connectivity index (χ4n) is 4.25. The van der Waals surface area contributed by atoms with E-state index in [9.17, 15) is 14.7 Å². The first-order chi connectivity index (χ1) is 14.4. The second-order valence-electron chi connectivity index (χ2n) is 7.88. The molecule has 0 aliphatic heterocycles. The van der Waals surface area contributed by atoms with Crippen LogP contribution in [-0.4, -0.2) is 28.2 Å². The van der Waals surface area contributed by atoms with Crippen LogP contribution >= 0.6 is 0 Å². The Labute approximate surface area is 173 Å². The lowest BCUT2D eigenvalue weighted by atomic mass is 9.77. The Balaban J connectivity index is 1.52. The summed E-state index contributed by atoms with van der Waals surface area (Å²) < 4.78 is 10.1. The van der Waals surface area contributed by atoms with Crippen molar-refractivity contribution < 1.29 is 19.1 Å². The van der Waals surface area contributed by atoms with Crippen LogP contribution in [0.4, 0.5) is 0 Å². The predicted molar refractivity (Wildman–Crippen MR) is 111 cm³/mol. The van der Waals surface area contributed by atoms with Crippen molar-refractivity contribution in [3.05, 3.63) is 52.1 Å². The van der Waals surface area contributed by atoms with Crippen LogP contribution in [0.25, 0.3) is 22.2 Å². The first-order valence-electron chi connectivity index (χ1n) is 10.1. The third-order valence-electron chi connectivity index (χ3n) is 5.92. The number of fused-ring (bicyclic) bond motifs is 1. The second kappa shape index (κ2) is 8.26. The Bertz CT molecular complexity index is 1130. The topological polar surface area (TPSA) is 103 Å². The Morgan fingerprint density at radius 2 is 1.87 bits per heavy atom. The van der Waals surface area contributed by atoms with E-state index in [0.29, 0.717) is 40.6 Å². The average Bonchev–Trinajstić information content (AvgIpc) is 2.74. The molecular weight excluding hydrogens is 384 g/mol. The molecule has 2 aromatic heterocycles. The number of carbonyl (C=O) groups is 1. The molecule has 0 amide bonds. The highest BCUT2D eigenvalue weighted by Gasteiger charge is 2.24. The zero-order chi connectivity index (χ0) is 21.3. The van der Waals surface area contributed by atoms with Gasteiger partial charge in [-0.25, -0.2) is 4.79 Å². The monoisotopic (exact) mass is 408 g/mol. The highest BCUT2D eigenvalue weighted by atomic mass is 16.5. The number of aryl methyl sites for hydroxylation is 1. The quantitative estimate of drug-likeness (QED) is 0.648. The smallest absolute Gasteiger partial charge is 0.345 e. The fourth-order valence-corrected chi connectivity index (χ4v) is 4.25. The van der Waals surface area contributed by atoms with Gasteiger partial charge in [0, 0.05) is 6.42 Å². The minimum Gasteiger partial charge on any atom is -0.493 e. The SMILES string of the molecule is COC(=O)C[C@H]1CC[C@H](c2ccc(-c3cc4c(O)nc(C)nc4oc3=O)cc2)CC1. The number of benzene rings is 1. The molecule has 1 fully saturated rings. The van der Waals surface area contributed by atoms with E-state index < -0.39 is 5.63 Å². The number of ether oxygens (including phenoxy) is 1. The van der Waals surface area contributed by atoms with E-state index in [-0.39, 0.29) is 17.6 Å². The van der Waals surface area contributed by atoms with Crippen molar-refractivity contribution in [1.82, 2.24) is 9.97 Å². The van der Waals surface area contributed by atoms with Gasteiger partial charge in [-0.05, 0) is 61.6 Å². The molecule has 2 heterocycles. The van der Waals surface area contributed by atoms with Gasteiger partial charge in [0.1, 0.15) is 11.2 Å². The maximum Gasteiger partial charge on any atom is 0.345 e. The molecule has 1 saturated carbocycles. The van der Waals surface area contributed by atoms with E-state index in [2.05, 4.69) is 9.97 Å². The van der Waals surface area contributed by atoms with E-state index in [4.69, 9.17) is 9.15 Å². The van der Waals surface area contributed by atoms with Gasteiger partial charge in [-0.2, -0.15) is 9.97 Å². The lowest BCUT2D eigenvalue weighted by Gasteiger charge is -2.28. The number of carbonyl (C=O) groups excluding carboxylic acids is 1. The number of methoxy groups -OCH3 is 1. The zero-order valence-corrected chi connectivity index (χ0v) is 17.1. The van der Waals surface area contributed by atoms with Gasteiger partial charge in [-0.1, -0.05) is 24.3 Å². The van der Waals surface area contributed by atoms with Crippen molar-refractivity contribution in [2.75, 3.05) is 7.11 Å². The fraction of sp³-hybridized carbons (Fsp3) is 0.391. The van der Waals surface area contributed by atoms with Crippen molar-refractivity contribution in [1.29, 1.82) is 0 Å². The number of hydrogen-bond acceptors (Lipinski definition) is 7. The van der Waals surface area contributed by atoms with Gasteiger partial charge in [-0.3, -0.25) is 4.79 Å². The molecule has 0 spiro atoms. The van der Waals surface area contributed by atoms with Crippen LogP contribution in [0.3, 0.4) is 0 Å². The van der Waals surface area contributed by atoms with E-state index in [1.165, 1.54) is 12.7 Å². The Kier molecular flexibility index (Phi) is 5.53. The van der Waals surface area contributed by atoms with Crippen molar-refractivity contribution in [2.45, 2.75) is 44.9 Å². The number of rotatable bonds is 4. The predicted octanol–water partition coefficient (Wildman–Crippen LogP) is 4.10. The van der Waals surface area contributed by atoms with E-state index in [1.54, 1.807) is 13.0 Å². The molecule has 1 N–H and O–H groups in total. The van der Waals surface area contributed by atoms with Crippen LogP contribution in [0.15, 0.2) is 39.5 Å². The Morgan fingerprint density at radius 3 is 2.53 bits per heavy atom. The summed E-state index contributed by atoms with van der Waals surface area (Å²) in [6.45, 7) is 1.62. The molecule has 4 rings (SSSR count). The second-order valence-corrected chi connectivity index (χ2v) is 7.88. The maximum absolute atomic E-state index is 12.4. The summed E-state index contributed by atoms with van der Waals surface area (Å²) in [5, 5.41) is 10.4. The van der Waals surface area contributed by atoms with Crippen molar-refractivity contribution in [3.63, 3.8) is 0 Å². The zero-order valence-electron chi connectivity index (χ0n) is 17.1. The van der Waals surface area contributed by atoms with Gasteiger partial charge in [0.05, 0.1) is 12.7 Å². The van der Waals surface area contributed by atoms with Gasteiger partial charge in [-0.15, -0.1) is 0 Å². The summed E-state index contributed by atoms with van der Waals surface area (Å²) in [4.78, 5) is 31.9. The van der Waals surface area contributed by atoms with Gasteiger partial charge in [0.25, 0.3) is 0 Å². The molecular formula is C23H24N2O5. The highest BCUT2D eigenvalue weighted by molar-refractivity contribution is 5.83. The molecule has 1 aliphatic carbocycles. The van der Waals surface area contributed by atoms with Gasteiger partial charge in [0.2, 0.25) is 11.6 Å². The summed E-state index contributed by atoms with van der Waals surface area (Å²) in [7, 11) is 1.43. The number of aromatic nitrogens is 2. The summed E-state index contributed by atoms with van der Waals surface area (Å²) in [5.41, 5.74) is 1.87. The molecule has 30 heavy (non-hydrogen) atoms. The lowest BCUT2D eigenvalue weighted by molar-refractivity contribution is -0.142. The number of hydrogen-bond donors (Lipinski definition) is 1. The lowest BCUT2D eigenvalue weighted by Crippen LogP contribution is -2.17. The molecule has 1 aromatic carbocycles. The molecule has 0 radical (unpaired) electrons. The normalized spacial score (nSPS) is 19.0. The molecule has 0 unspecified atom stereocenters. The standard InChI is InChI=1S/C23H24N2O5/c1-13-24-21(27)19-12-18(23(28)30-22(19)25-13)17-9-7-16(8-10-17)15-5-3-14(4-6-15)11-20(26)29-2/h7-10,12,14-15H,3-6,11H2,1-2H3,(H,24,25,27)/t14-,15-. The van der Waals surface area contributed by atoms with E-state index >= 15 is 0 Å². The highest BCUT2D eigenvalue weighted by Crippen LogP contribution is 2.37. The number of esters is 1. The van der Waals surface area contributed by atoms with Crippen LogP contribution in [0.2, 0.25) is 0 Å². The maximum atomic E-state index is 12.4. The van der Waals surface area contributed by atoms with Crippen molar-refractivity contribution >= 4 is 17.1 Å². The van der Waals surface area contributed by atoms with Crippen LogP contribution in [0.1, 0.15) is 49.4 Å². The molecule has 3 aromatic rings. The van der Waals surface area contributed by atoms with Crippen molar-refractivity contribution in [3.8, 4) is 17.0 Å². The minimum absolute atomic E-state index is 0.0779. The molecule has 156 valence electrons. The van der Waals surface area contributed by atoms with Crippen LogP contribution in [0.5, 0.6) is 5.88 Å². The third-order valence-corrected chi connectivity index (χ3v) is 5.92. The molecule has 7 nitrogen and oxygen atoms in total. The average molecular weight is 408 g/mol. The molecule has 0 saturated heterocycles. The third kappa shape index (κ3) is 4.06. The molecule has 0 bridgehead atoms. The molecule has 7 heteroatoms. The van der Waals surface area contributed by atoms with E-state index in [0.717, 1.165) is 25.7 Å².